The van der Waals surface area contributed by atoms with E-state index >= 15 is 0 Å². The van der Waals surface area contributed by atoms with Crippen molar-refractivity contribution in [3.8, 4) is 0 Å². The molecule has 2 rings (SSSR count). The van der Waals surface area contributed by atoms with Gasteiger partial charge in [-0.3, -0.25) is 0 Å². The molecular weight excluding hydrogens is 295 g/mol. The van der Waals surface area contributed by atoms with Crippen molar-refractivity contribution in [2.75, 3.05) is 17.2 Å². The minimum absolute atomic E-state index is 0.494. The molecule has 1 heterocycles. The van der Waals surface area contributed by atoms with E-state index in [-0.39, 0.29) is 0 Å². The summed E-state index contributed by atoms with van der Waals surface area (Å²) < 4.78 is 0. The number of hydrogen-bond donors (Lipinski definition) is 2. The zero-order valence-electron chi connectivity index (χ0n) is 11.4. The van der Waals surface area contributed by atoms with E-state index in [1.807, 2.05) is 19.1 Å². The number of anilines is 3. The molecule has 2 aromatic rings. The predicted octanol–water partition coefficient (Wildman–Crippen LogP) is 4.66. The highest BCUT2D eigenvalue weighted by molar-refractivity contribution is 6.42. The average Bonchev–Trinajstić information content (AvgIpc) is 2.40. The van der Waals surface area contributed by atoms with E-state index in [2.05, 4.69) is 27.5 Å². The smallest absolute Gasteiger partial charge is 0.229 e. The first-order valence-corrected chi connectivity index (χ1v) is 7.15. The maximum Gasteiger partial charge on any atom is 0.229 e. The molecule has 1 aromatic heterocycles. The largest absolute Gasteiger partial charge is 0.370 e. The predicted molar refractivity (Wildman–Crippen MR) is 85.3 cm³/mol. The van der Waals surface area contributed by atoms with Crippen LogP contribution in [-0.4, -0.2) is 16.5 Å². The summed E-state index contributed by atoms with van der Waals surface area (Å²) in [4.78, 5) is 8.76. The van der Waals surface area contributed by atoms with E-state index < -0.39 is 0 Å². The van der Waals surface area contributed by atoms with Crippen molar-refractivity contribution in [1.82, 2.24) is 9.97 Å². The molecule has 0 unspecified atom stereocenters. The number of nitrogens with one attached hydrogen (secondary N) is 2. The third-order valence-corrected chi connectivity index (χ3v) is 3.33. The third-order valence-electron chi connectivity index (χ3n) is 2.59. The maximum absolute atomic E-state index is 5.99. The van der Waals surface area contributed by atoms with Gasteiger partial charge in [0, 0.05) is 24.0 Å². The van der Waals surface area contributed by atoms with Gasteiger partial charge in [-0.1, -0.05) is 30.1 Å². The fraction of sp³-hybridized carbons (Fsp3) is 0.286. The molecule has 0 amide bonds. The van der Waals surface area contributed by atoms with Gasteiger partial charge in [0.1, 0.15) is 5.82 Å². The average molecular weight is 311 g/mol. The van der Waals surface area contributed by atoms with Gasteiger partial charge in [0.05, 0.1) is 10.0 Å². The monoisotopic (exact) mass is 310 g/mol. The minimum atomic E-state index is 0.494. The van der Waals surface area contributed by atoms with Crippen LogP contribution in [0.2, 0.25) is 10.0 Å². The van der Waals surface area contributed by atoms with E-state index in [0.717, 1.165) is 30.2 Å². The molecule has 0 aliphatic rings. The number of aromatic nitrogens is 2. The van der Waals surface area contributed by atoms with Crippen LogP contribution < -0.4 is 10.6 Å². The van der Waals surface area contributed by atoms with Gasteiger partial charge in [-0.05, 0) is 31.5 Å². The second-order valence-electron chi connectivity index (χ2n) is 4.40. The molecule has 0 fully saturated rings. The molecule has 106 valence electrons. The van der Waals surface area contributed by atoms with E-state index in [4.69, 9.17) is 23.2 Å². The van der Waals surface area contributed by atoms with Crippen molar-refractivity contribution < 1.29 is 0 Å². The second kappa shape index (κ2) is 6.77. The van der Waals surface area contributed by atoms with Crippen molar-refractivity contribution in [3.05, 3.63) is 40.0 Å². The van der Waals surface area contributed by atoms with Crippen LogP contribution in [0.15, 0.2) is 24.3 Å². The molecule has 0 radical (unpaired) electrons. The van der Waals surface area contributed by atoms with Crippen LogP contribution in [0.5, 0.6) is 0 Å². The highest BCUT2D eigenvalue weighted by atomic mass is 35.5. The molecule has 0 aliphatic carbocycles. The van der Waals surface area contributed by atoms with Gasteiger partial charge in [0.2, 0.25) is 5.95 Å². The number of benzene rings is 1. The number of rotatable bonds is 5. The molecule has 20 heavy (non-hydrogen) atoms. The number of hydrogen-bond acceptors (Lipinski definition) is 4. The SMILES string of the molecule is CCCNc1cc(C)nc(Nc2ccc(Cl)c(Cl)c2)n1. The topological polar surface area (TPSA) is 49.8 Å². The molecule has 0 saturated heterocycles. The molecule has 1 aromatic carbocycles. The molecular formula is C14H16Cl2N4. The summed E-state index contributed by atoms with van der Waals surface area (Å²) in [6.45, 7) is 4.91. The van der Waals surface area contributed by atoms with Crippen LogP contribution in [0.25, 0.3) is 0 Å². The number of nitrogens with zero attached hydrogens (tertiary/aromatic N) is 2. The van der Waals surface area contributed by atoms with Gasteiger partial charge in [0.15, 0.2) is 0 Å². The first-order valence-electron chi connectivity index (χ1n) is 6.40. The Kier molecular flexibility index (Phi) is 5.04. The standard InChI is InChI=1S/C14H16Cl2N4/c1-3-6-17-13-7-9(2)18-14(20-13)19-10-4-5-11(15)12(16)8-10/h4-5,7-8H,3,6H2,1-2H3,(H2,17,18,19,20). The fourth-order valence-corrected chi connectivity index (χ4v) is 1.97. The van der Waals surface area contributed by atoms with E-state index in [9.17, 15) is 0 Å². The summed E-state index contributed by atoms with van der Waals surface area (Å²) in [6, 6.07) is 7.22. The van der Waals surface area contributed by atoms with E-state index in [1.54, 1.807) is 12.1 Å². The Morgan fingerprint density at radius 3 is 2.60 bits per heavy atom. The number of aryl methyl sites for hydroxylation is 1. The van der Waals surface area contributed by atoms with Crippen LogP contribution in [0.1, 0.15) is 19.0 Å². The van der Waals surface area contributed by atoms with Crippen molar-refractivity contribution in [2.24, 2.45) is 0 Å². The second-order valence-corrected chi connectivity index (χ2v) is 5.21. The van der Waals surface area contributed by atoms with Gasteiger partial charge < -0.3 is 10.6 Å². The molecule has 0 aliphatic heterocycles. The molecule has 0 bridgehead atoms. The summed E-state index contributed by atoms with van der Waals surface area (Å²) in [5.41, 5.74) is 1.69. The van der Waals surface area contributed by atoms with Gasteiger partial charge in [-0.2, -0.15) is 4.98 Å². The van der Waals surface area contributed by atoms with Gasteiger partial charge in [0.25, 0.3) is 0 Å². The van der Waals surface area contributed by atoms with Crippen LogP contribution in [0.3, 0.4) is 0 Å². The Morgan fingerprint density at radius 1 is 1.10 bits per heavy atom. The highest BCUT2D eigenvalue weighted by Gasteiger charge is 2.04. The van der Waals surface area contributed by atoms with E-state index in [1.165, 1.54) is 0 Å². The van der Waals surface area contributed by atoms with Gasteiger partial charge in [-0.15, -0.1) is 0 Å². The summed E-state index contributed by atoms with van der Waals surface area (Å²) in [7, 11) is 0. The van der Waals surface area contributed by atoms with Gasteiger partial charge >= 0.3 is 0 Å². The summed E-state index contributed by atoms with van der Waals surface area (Å²) in [5, 5.41) is 7.38. The Hall–Kier alpha value is -1.52. The van der Waals surface area contributed by atoms with E-state index in [0.29, 0.717) is 16.0 Å². The zero-order chi connectivity index (χ0) is 14.5. The van der Waals surface area contributed by atoms with Crippen LogP contribution >= 0.6 is 23.2 Å². The molecule has 2 N–H and O–H groups in total. The van der Waals surface area contributed by atoms with Crippen molar-refractivity contribution >= 4 is 40.7 Å². The first kappa shape index (κ1) is 14.9. The highest BCUT2D eigenvalue weighted by Crippen LogP contribution is 2.26. The molecule has 0 spiro atoms. The minimum Gasteiger partial charge on any atom is -0.370 e. The first-order chi connectivity index (χ1) is 9.58. The quantitative estimate of drug-likeness (QED) is 0.843. The van der Waals surface area contributed by atoms with Gasteiger partial charge in [-0.25, -0.2) is 4.98 Å². The lowest BCUT2D eigenvalue weighted by molar-refractivity contribution is 0.962. The van der Waals surface area contributed by atoms with Crippen LogP contribution in [-0.2, 0) is 0 Å². The normalized spacial score (nSPS) is 10.4. The van der Waals surface area contributed by atoms with Crippen molar-refractivity contribution in [1.29, 1.82) is 0 Å². The lowest BCUT2D eigenvalue weighted by Gasteiger charge is -2.10. The third kappa shape index (κ3) is 3.99. The van der Waals surface area contributed by atoms with Crippen molar-refractivity contribution in [2.45, 2.75) is 20.3 Å². The lowest BCUT2D eigenvalue weighted by Crippen LogP contribution is -2.06. The zero-order valence-corrected chi connectivity index (χ0v) is 12.9. The Labute approximate surface area is 128 Å². The number of halogens is 2. The Morgan fingerprint density at radius 2 is 1.90 bits per heavy atom. The summed E-state index contributed by atoms with van der Waals surface area (Å²) in [6.07, 6.45) is 1.04. The molecule has 6 heteroatoms. The maximum atomic E-state index is 5.99. The Bertz CT molecular complexity index is 602. The van der Waals surface area contributed by atoms with Crippen LogP contribution in [0.4, 0.5) is 17.5 Å². The summed E-state index contributed by atoms with van der Waals surface area (Å²) in [5.74, 6) is 1.34. The molecule has 0 atom stereocenters. The summed E-state index contributed by atoms with van der Waals surface area (Å²) >= 11 is 11.9. The fourth-order valence-electron chi connectivity index (χ4n) is 1.67. The van der Waals surface area contributed by atoms with Crippen LogP contribution in [0, 0.1) is 6.92 Å². The Balaban J connectivity index is 2.19. The van der Waals surface area contributed by atoms with Crippen molar-refractivity contribution in [3.63, 3.8) is 0 Å². The lowest BCUT2D eigenvalue weighted by atomic mass is 10.3. The molecule has 0 saturated carbocycles. The molecule has 4 nitrogen and oxygen atoms in total.